The van der Waals surface area contributed by atoms with Crippen LogP contribution in [-0.4, -0.2) is 49.3 Å². The third-order valence-corrected chi connectivity index (χ3v) is 11.4. The van der Waals surface area contributed by atoms with E-state index in [9.17, 15) is 19.0 Å². The summed E-state index contributed by atoms with van der Waals surface area (Å²) in [6, 6.07) is 0. The predicted molar refractivity (Wildman–Crippen MR) is 275 cm³/mol. The van der Waals surface area contributed by atoms with Crippen molar-refractivity contribution in [1.82, 2.24) is 0 Å². The van der Waals surface area contributed by atoms with E-state index in [1.54, 1.807) is 0 Å². The molecule has 3 N–H and O–H groups in total. The molecule has 65 heavy (non-hydrogen) atoms. The fourth-order valence-electron chi connectivity index (χ4n) is 6.73. The Labute approximate surface area is 397 Å². The molecule has 0 aromatic carbocycles. The Hall–Kier alpha value is -3.07. The molecule has 0 saturated carbocycles. The second-order valence-corrected chi connectivity index (χ2v) is 18.1. The van der Waals surface area contributed by atoms with Crippen LogP contribution in [-0.2, 0) is 32.7 Å². The van der Waals surface area contributed by atoms with Gasteiger partial charge >= 0.3 is 19.8 Å². The van der Waals surface area contributed by atoms with Crippen molar-refractivity contribution in [2.24, 2.45) is 5.73 Å². The first-order valence-electron chi connectivity index (χ1n) is 25.7. The first-order chi connectivity index (χ1) is 31.8. The molecule has 0 saturated heterocycles. The van der Waals surface area contributed by atoms with E-state index in [1.165, 1.54) is 83.5 Å². The van der Waals surface area contributed by atoms with Crippen LogP contribution in [0, 0.1) is 0 Å². The van der Waals surface area contributed by atoms with E-state index < -0.39 is 32.5 Å². The van der Waals surface area contributed by atoms with Crippen LogP contribution in [0.25, 0.3) is 0 Å². The molecule has 0 aromatic rings. The Balaban J connectivity index is 4.01. The smallest absolute Gasteiger partial charge is 0.462 e. The van der Waals surface area contributed by atoms with E-state index in [1.807, 2.05) is 0 Å². The maximum Gasteiger partial charge on any atom is 0.472 e. The maximum absolute atomic E-state index is 12.7. The minimum atomic E-state index is -4.40. The molecular formula is C55H94NO8P. The third-order valence-electron chi connectivity index (χ3n) is 10.5. The molecule has 2 atom stereocenters. The van der Waals surface area contributed by atoms with Crippen molar-refractivity contribution in [3.8, 4) is 0 Å². The summed E-state index contributed by atoms with van der Waals surface area (Å²) in [5, 5.41) is 0. The molecule has 372 valence electrons. The Bertz CT molecular complexity index is 1380. The van der Waals surface area contributed by atoms with Crippen molar-refractivity contribution in [3.05, 3.63) is 97.2 Å². The van der Waals surface area contributed by atoms with Crippen molar-refractivity contribution in [3.63, 3.8) is 0 Å². The molecule has 0 heterocycles. The molecule has 0 aromatic heterocycles. The van der Waals surface area contributed by atoms with Crippen molar-refractivity contribution >= 4 is 19.8 Å². The highest BCUT2D eigenvalue weighted by atomic mass is 31.2. The lowest BCUT2D eigenvalue weighted by Gasteiger charge is -2.19. The number of ether oxygens (including phenoxy) is 2. The number of carbonyl (C=O) groups is 2. The van der Waals surface area contributed by atoms with E-state index in [-0.39, 0.29) is 32.6 Å². The van der Waals surface area contributed by atoms with Crippen LogP contribution in [0.2, 0.25) is 0 Å². The van der Waals surface area contributed by atoms with E-state index in [0.717, 1.165) is 83.5 Å². The van der Waals surface area contributed by atoms with E-state index in [4.69, 9.17) is 24.3 Å². The average Bonchev–Trinajstić information content (AvgIpc) is 3.30. The van der Waals surface area contributed by atoms with Crippen LogP contribution in [0.1, 0.15) is 206 Å². The van der Waals surface area contributed by atoms with Gasteiger partial charge in [-0.05, 0) is 89.9 Å². The van der Waals surface area contributed by atoms with E-state index >= 15 is 0 Å². The topological polar surface area (TPSA) is 134 Å². The van der Waals surface area contributed by atoms with Gasteiger partial charge in [0.2, 0.25) is 0 Å². The summed E-state index contributed by atoms with van der Waals surface area (Å²) in [7, 11) is -4.40. The van der Waals surface area contributed by atoms with Gasteiger partial charge in [0.05, 0.1) is 13.2 Å². The zero-order valence-corrected chi connectivity index (χ0v) is 42.1. The fraction of sp³-hybridized carbons (Fsp3) is 0.673. The van der Waals surface area contributed by atoms with Crippen LogP contribution in [0.15, 0.2) is 97.2 Å². The SMILES string of the molecule is CC/C=C\C/C=C\C/C=C\C/C=C\CCCCCCCCCCCCCCCCCCC(=O)OC(COC(=O)CCCC/C=C\C/C=C\C/C=C\C/C=C\CC)COP(=O)(O)OCCN. The lowest BCUT2D eigenvalue weighted by Crippen LogP contribution is -2.29. The minimum Gasteiger partial charge on any atom is -0.462 e. The molecule has 0 fully saturated rings. The highest BCUT2D eigenvalue weighted by molar-refractivity contribution is 7.47. The zero-order valence-electron chi connectivity index (χ0n) is 41.2. The lowest BCUT2D eigenvalue weighted by molar-refractivity contribution is -0.161. The Morgan fingerprint density at radius 1 is 0.462 bits per heavy atom. The second kappa shape index (κ2) is 50.3. The van der Waals surface area contributed by atoms with Crippen LogP contribution >= 0.6 is 7.82 Å². The number of phosphoric acid groups is 1. The monoisotopic (exact) mass is 928 g/mol. The normalized spacial score (nSPS) is 14.0. The van der Waals surface area contributed by atoms with Gasteiger partial charge in [-0.25, -0.2) is 4.57 Å². The van der Waals surface area contributed by atoms with Crippen LogP contribution < -0.4 is 5.73 Å². The molecule has 0 amide bonds. The molecule has 10 heteroatoms. The van der Waals surface area contributed by atoms with Gasteiger partial charge in [-0.1, -0.05) is 201 Å². The third kappa shape index (κ3) is 50.2. The Kier molecular flexibility index (Phi) is 48.0. The molecule has 0 aliphatic carbocycles. The second-order valence-electron chi connectivity index (χ2n) is 16.6. The number of hydrogen-bond acceptors (Lipinski definition) is 8. The van der Waals surface area contributed by atoms with Crippen molar-refractivity contribution in [2.75, 3.05) is 26.4 Å². The summed E-state index contributed by atoms with van der Waals surface area (Å²) in [5.41, 5.74) is 5.36. The number of allylic oxidation sites excluding steroid dienone is 16. The summed E-state index contributed by atoms with van der Waals surface area (Å²) in [6.07, 6.45) is 66.1. The summed E-state index contributed by atoms with van der Waals surface area (Å²) < 4.78 is 32.9. The number of hydrogen-bond donors (Lipinski definition) is 2. The molecule has 0 bridgehead atoms. The summed E-state index contributed by atoms with van der Waals surface area (Å²) >= 11 is 0. The molecule has 0 aliphatic rings. The Morgan fingerprint density at radius 2 is 0.800 bits per heavy atom. The van der Waals surface area contributed by atoms with Gasteiger partial charge in [-0.3, -0.25) is 18.6 Å². The van der Waals surface area contributed by atoms with Crippen LogP contribution in [0.4, 0.5) is 0 Å². The summed E-state index contributed by atoms with van der Waals surface area (Å²) in [4.78, 5) is 35.0. The van der Waals surface area contributed by atoms with Gasteiger partial charge in [0, 0.05) is 19.4 Å². The first-order valence-corrected chi connectivity index (χ1v) is 27.2. The number of nitrogens with two attached hydrogens (primary N) is 1. The van der Waals surface area contributed by atoms with E-state index in [2.05, 4.69) is 111 Å². The average molecular weight is 928 g/mol. The van der Waals surface area contributed by atoms with Gasteiger partial charge in [0.25, 0.3) is 0 Å². The van der Waals surface area contributed by atoms with Gasteiger partial charge in [-0.2, -0.15) is 0 Å². The zero-order chi connectivity index (χ0) is 47.4. The van der Waals surface area contributed by atoms with Crippen molar-refractivity contribution in [1.29, 1.82) is 0 Å². The predicted octanol–water partition coefficient (Wildman–Crippen LogP) is 15.7. The van der Waals surface area contributed by atoms with Crippen molar-refractivity contribution in [2.45, 2.75) is 213 Å². The van der Waals surface area contributed by atoms with Crippen molar-refractivity contribution < 1.29 is 37.6 Å². The highest BCUT2D eigenvalue weighted by Gasteiger charge is 2.26. The first kappa shape index (κ1) is 61.9. The number of rotatable bonds is 47. The van der Waals surface area contributed by atoms with E-state index in [0.29, 0.717) is 12.8 Å². The molecule has 9 nitrogen and oxygen atoms in total. The fourth-order valence-corrected chi connectivity index (χ4v) is 7.50. The lowest BCUT2D eigenvalue weighted by atomic mass is 10.0. The van der Waals surface area contributed by atoms with Crippen LogP contribution in [0.5, 0.6) is 0 Å². The number of esters is 2. The van der Waals surface area contributed by atoms with Gasteiger partial charge in [-0.15, -0.1) is 0 Å². The quantitative estimate of drug-likeness (QED) is 0.0265. The minimum absolute atomic E-state index is 0.0437. The molecule has 0 rings (SSSR count). The maximum atomic E-state index is 12.7. The summed E-state index contributed by atoms with van der Waals surface area (Å²) in [6.45, 7) is 3.46. The number of unbranched alkanes of at least 4 members (excludes halogenated alkanes) is 18. The van der Waals surface area contributed by atoms with Gasteiger partial charge in [0.1, 0.15) is 6.61 Å². The molecular weight excluding hydrogens is 834 g/mol. The van der Waals surface area contributed by atoms with Gasteiger partial charge < -0.3 is 20.1 Å². The largest absolute Gasteiger partial charge is 0.472 e. The summed E-state index contributed by atoms with van der Waals surface area (Å²) in [5.74, 6) is -0.880. The molecule has 2 unspecified atom stereocenters. The van der Waals surface area contributed by atoms with Gasteiger partial charge in [0.15, 0.2) is 6.10 Å². The highest BCUT2D eigenvalue weighted by Crippen LogP contribution is 2.43. The van der Waals surface area contributed by atoms with Crippen LogP contribution in [0.3, 0.4) is 0 Å². The molecule has 0 aliphatic heterocycles. The number of carbonyl (C=O) groups excluding carboxylic acids is 2. The molecule has 0 spiro atoms. The standard InChI is InChI=1S/C55H94NO8P/c1-3-5-7-9-11-13-15-17-19-20-21-22-23-24-25-26-27-28-29-30-31-32-34-36-38-40-42-44-46-48-55(58)64-53(52-63-65(59,60)62-50-49-56)51-61-54(57)47-45-43-41-39-37-35-33-18-16-14-12-10-8-6-4-2/h5-8,11-14,17-19,21-22,33,37,39,53H,3-4,9-10,15-16,20,23-32,34-36,38,40-52,56H2,1-2H3,(H,59,60)/b7-5-,8-6-,13-11-,14-12-,19-17-,22-21-,33-18-,39-37-. The Morgan fingerprint density at radius 3 is 1.22 bits per heavy atom. The molecule has 0 radical (unpaired) electrons. The number of phosphoric ester groups is 1.